The summed E-state index contributed by atoms with van der Waals surface area (Å²) in [5, 5.41) is 0.672. The van der Waals surface area contributed by atoms with Gasteiger partial charge >= 0.3 is 5.97 Å². The lowest BCUT2D eigenvalue weighted by atomic mass is 9.99. The largest absolute Gasteiger partial charge is 0.467 e. The zero-order valence-electron chi connectivity index (χ0n) is 12.9. The number of rotatable bonds is 2. The maximum Gasteiger partial charge on any atom is 0.328 e. The zero-order chi connectivity index (χ0) is 16.4. The van der Waals surface area contributed by atoms with Crippen LogP contribution in [0, 0.1) is 0 Å². The second-order valence-corrected chi connectivity index (χ2v) is 5.63. The molecular formula is C17H18N2O4. The Hall–Kier alpha value is -2.63. The molecule has 0 bridgehead atoms. The Kier molecular flexibility index (Phi) is 4.14. The molecule has 6 nitrogen and oxygen atoms in total. The Bertz CT molecular complexity index is 812. The van der Waals surface area contributed by atoms with E-state index in [1.807, 2.05) is 6.07 Å². The number of benzene rings is 1. The van der Waals surface area contributed by atoms with Gasteiger partial charge in [-0.1, -0.05) is 18.2 Å². The van der Waals surface area contributed by atoms with E-state index in [2.05, 4.69) is 4.98 Å². The SMILES string of the molecule is COC(=O)C1CCCCN1C(=O)c1cc(=O)[nH]c2ccccc12. The molecule has 1 aliphatic heterocycles. The molecule has 0 saturated carbocycles. The molecule has 0 aliphatic carbocycles. The number of ether oxygens (including phenoxy) is 1. The van der Waals surface area contributed by atoms with Gasteiger partial charge in [0.05, 0.1) is 12.7 Å². The van der Waals surface area contributed by atoms with Gasteiger partial charge in [-0.15, -0.1) is 0 Å². The standard InChI is InChI=1S/C17H18N2O4/c1-23-17(22)14-8-4-5-9-19(14)16(21)12-10-15(20)18-13-7-3-2-6-11(12)13/h2-3,6-7,10,14H,4-5,8-9H2,1H3,(H,18,20). The number of piperidine rings is 1. The predicted molar refractivity (Wildman–Crippen MR) is 85.3 cm³/mol. The molecule has 1 N–H and O–H groups in total. The molecule has 1 unspecified atom stereocenters. The van der Waals surface area contributed by atoms with Gasteiger partial charge in [-0.3, -0.25) is 9.59 Å². The molecule has 6 heteroatoms. The van der Waals surface area contributed by atoms with Crippen LogP contribution in [0.4, 0.5) is 0 Å². The number of likely N-dealkylation sites (tertiary alicyclic amines) is 1. The van der Waals surface area contributed by atoms with Gasteiger partial charge in [0.15, 0.2) is 0 Å². The number of methoxy groups -OCH3 is 1. The van der Waals surface area contributed by atoms with E-state index in [1.54, 1.807) is 18.2 Å². The van der Waals surface area contributed by atoms with E-state index in [0.29, 0.717) is 29.4 Å². The minimum atomic E-state index is -0.584. The van der Waals surface area contributed by atoms with Gasteiger partial charge in [0, 0.05) is 23.5 Å². The number of H-pyrrole nitrogens is 1. The van der Waals surface area contributed by atoms with Crippen molar-refractivity contribution in [3.8, 4) is 0 Å². The third-order valence-corrected chi connectivity index (χ3v) is 4.22. The fraction of sp³-hybridized carbons (Fsp3) is 0.353. The molecule has 1 saturated heterocycles. The van der Waals surface area contributed by atoms with Crippen LogP contribution in [-0.2, 0) is 9.53 Å². The van der Waals surface area contributed by atoms with Gasteiger partial charge in [-0.05, 0) is 25.3 Å². The van der Waals surface area contributed by atoms with Gasteiger partial charge in [-0.2, -0.15) is 0 Å². The second kappa shape index (κ2) is 6.24. The topological polar surface area (TPSA) is 79.5 Å². The molecular weight excluding hydrogens is 296 g/mol. The van der Waals surface area contributed by atoms with Gasteiger partial charge in [0.1, 0.15) is 6.04 Å². The minimum Gasteiger partial charge on any atom is -0.467 e. The van der Waals surface area contributed by atoms with Crippen molar-refractivity contribution in [3.05, 3.63) is 46.2 Å². The quantitative estimate of drug-likeness (QED) is 0.856. The first-order valence-electron chi connectivity index (χ1n) is 7.62. The Morgan fingerprint density at radius 2 is 2.04 bits per heavy atom. The molecule has 1 amide bonds. The van der Waals surface area contributed by atoms with Crippen molar-refractivity contribution < 1.29 is 14.3 Å². The molecule has 1 aromatic heterocycles. The normalized spacial score (nSPS) is 18.0. The maximum absolute atomic E-state index is 13.0. The summed E-state index contributed by atoms with van der Waals surface area (Å²) >= 11 is 0. The number of aromatic nitrogens is 1. The number of amides is 1. The van der Waals surface area contributed by atoms with E-state index in [9.17, 15) is 14.4 Å². The molecule has 120 valence electrons. The first kappa shape index (κ1) is 15.3. The highest BCUT2D eigenvalue weighted by molar-refractivity contribution is 6.07. The number of nitrogens with zero attached hydrogens (tertiary/aromatic N) is 1. The average molecular weight is 314 g/mol. The van der Waals surface area contributed by atoms with Crippen molar-refractivity contribution in [1.82, 2.24) is 9.88 Å². The number of aromatic amines is 1. The van der Waals surface area contributed by atoms with Crippen LogP contribution >= 0.6 is 0 Å². The number of hydrogen-bond donors (Lipinski definition) is 1. The van der Waals surface area contributed by atoms with E-state index in [1.165, 1.54) is 18.1 Å². The van der Waals surface area contributed by atoms with Crippen LogP contribution in [-0.4, -0.2) is 41.5 Å². The van der Waals surface area contributed by atoms with Crippen LogP contribution in [0.25, 0.3) is 10.9 Å². The smallest absolute Gasteiger partial charge is 0.328 e. The van der Waals surface area contributed by atoms with Gasteiger partial charge in [0.25, 0.3) is 5.91 Å². The maximum atomic E-state index is 13.0. The summed E-state index contributed by atoms with van der Waals surface area (Å²) in [4.78, 5) is 41.0. The summed E-state index contributed by atoms with van der Waals surface area (Å²) in [6, 6.07) is 7.86. The van der Waals surface area contributed by atoms with Crippen LogP contribution in [0.2, 0.25) is 0 Å². The molecule has 23 heavy (non-hydrogen) atoms. The number of carbonyl (C=O) groups excluding carboxylic acids is 2. The number of nitrogens with one attached hydrogen (secondary N) is 1. The van der Waals surface area contributed by atoms with E-state index in [0.717, 1.165) is 12.8 Å². The number of para-hydroxylation sites is 1. The van der Waals surface area contributed by atoms with Gasteiger partial charge in [-0.25, -0.2) is 4.79 Å². The lowest BCUT2D eigenvalue weighted by Crippen LogP contribution is -2.48. The Labute approximate surface area is 133 Å². The zero-order valence-corrected chi connectivity index (χ0v) is 12.9. The summed E-state index contributed by atoms with van der Waals surface area (Å²) in [5.41, 5.74) is 0.591. The number of pyridine rings is 1. The fourth-order valence-electron chi connectivity index (χ4n) is 3.09. The first-order valence-corrected chi connectivity index (χ1v) is 7.62. The summed E-state index contributed by atoms with van der Waals surface area (Å²) < 4.78 is 4.82. The van der Waals surface area contributed by atoms with Gasteiger partial charge < -0.3 is 14.6 Å². The van der Waals surface area contributed by atoms with Crippen molar-refractivity contribution in [2.24, 2.45) is 0 Å². The molecule has 1 aliphatic rings. The van der Waals surface area contributed by atoms with Crippen molar-refractivity contribution in [2.45, 2.75) is 25.3 Å². The van der Waals surface area contributed by atoms with E-state index in [-0.39, 0.29) is 11.5 Å². The monoisotopic (exact) mass is 314 g/mol. The van der Waals surface area contributed by atoms with E-state index >= 15 is 0 Å². The Morgan fingerprint density at radius 3 is 2.83 bits per heavy atom. The van der Waals surface area contributed by atoms with Crippen molar-refractivity contribution in [3.63, 3.8) is 0 Å². The van der Waals surface area contributed by atoms with Crippen molar-refractivity contribution in [2.75, 3.05) is 13.7 Å². The van der Waals surface area contributed by atoms with Crippen LogP contribution in [0.15, 0.2) is 35.1 Å². The number of carbonyl (C=O) groups is 2. The third-order valence-electron chi connectivity index (χ3n) is 4.22. The third kappa shape index (κ3) is 2.84. The van der Waals surface area contributed by atoms with Crippen LogP contribution in [0.1, 0.15) is 29.6 Å². The first-order chi connectivity index (χ1) is 11.1. The minimum absolute atomic E-state index is 0.303. The molecule has 1 atom stereocenters. The molecule has 0 spiro atoms. The number of fused-ring (bicyclic) bond motifs is 1. The number of esters is 1. The number of hydrogen-bond acceptors (Lipinski definition) is 4. The highest BCUT2D eigenvalue weighted by Gasteiger charge is 2.34. The highest BCUT2D eigenvalue weighted by atomic mass is 16.5. The molecule has 2 aromatic rings. The van der Waals surface area contributed by atoms with Crippen LogP contribution in [0.5, 0.6) is 0 Å². The van der Waals surface area contributed by atoms with Crippen LogP contribution in [0.3, 0.4) is 0 Å². The second-order valence-electron chi connectivity index (χ2n) is 5.63. The van der Waals surface area contributed by atoms with E-state index < -0.39 is 12.0 Å². The van der Waals surface area contributed by atoms with Crippen molar-refractivity contribution in [1.29, 1.82) is 0 Å². The summed E-state index contributed by atoms with van der Waals surface area (Å²) in [6.07, 6.45) is 2.29. The van der Waals surface area contributed by atoms with Gasteiger partial charge in [0.2, 0.25) is 5.56 Å². The van der Waals surface area contributed by atoms with E-state index in [4.69, 9.17) is 4.74 Å². The Balaban J connectivity index is 2.05. The average Bonchev–Trinajstić information content (AvgIpc) is 2.59. The molecule has 1 aromatic carbocycles. The molecule has 3 rings (SSSR count). The lowest BCUT2D eigenvalue weighted by molar-refractivity contribution is -0.147. The predicted octanol–water partition coefficient (Wildman–Crippen LogP) is 1.70. The summed E-state index contributed by atoms with van der Waals surface area (Å²) in [7, 11) is 1.32. The highest BCUT2D eigenvalue weighted by Crippen LogP contribution is 2.23. The summed E-state index contributed by atoms with van der Waals surface area (Å²) in [6.45, 7) is 0.486. The van der Waals surface area contributed by atoms with Crippen molar-refractivity contribution >= 4 is 22.8 Å². The fourth-order valence-corrected chi connectivity index (χ4v) is 3.09. The molecule has 2 heterocycles. The Morgan fingerprint density at radius 1 is 1.26 bits per heavy atom. The van der Waals surface area contributed by atoms with Crippen LogP contribution < -0.4 is 5.56 Å². The lowest BCUT2D eigenvalue weighted by Gasteiger charge is -2.34. The molecule has 0 radical (unpaired) electrons. The summed E-state index contributed by atoms with van der Waals surface area (Å²) in [5.74, 6) is -0.713. The molecule has 1 fully saturated rings.